The van der Waals surface area contributed by atoms with Crippen molar-refractivity contribution < 1.29 is 9.13 Å². The van der Waals surface area contributed by atoms with Gasteiger partial charge in [-0.1, -0.05) is 36.3 Å². The van der Waals surface area contributed by atoms with Crippen molar-refractivity contribution in [1.82, 2.24) is 0 Å². The quantitative estimate of drug-likeness (QED) is 0.729. The minimum Gasteiger partial charge on any atom is -0.489 e. The summed E-state index contributed by atoms with van der Waals surface area (Å²) in [4.78, 5) is 0. The van der Waals surface area contributed by atoms with E-state index < -0.39 is 5.82 Å². The first-order valence-corrected chi connectivity index (χ1v) is 5.22. The molecule has 17 heavy (non-hydrogen) atoms. The third-order valence-electron chi connectivity index (χ3n) is 2.34. The van der Waals surface area contributed by atoms with Crippen LogP contribution in [-0.4, -0.2) is 0 Å². The van der Waals surface area contributed by atoms with Gasteiger partial charge < -0.3 is 4.74 Å². The fraction of sp³-hybridized carbons (Fsp3) is 0.0667. The van der Waals surface area contributed by atoms with Crippen LogP contribution in [0.4, 0.5) is 4.39 Å². The van der Waals surface area contributed by atoms with Crippen LogP contribution in [0.3, 0.4) is 0 Å². The topological polar surface area (TPSA) is 9.23 Å². The van der Waals surface area contributed by atoms with Gasteiger partial charge in [0.25, 0.3) is 0 Å². The van der Waals surface area contributed by atoms with E-state index in [4.69, 9.17) is 11.2 Å². The van der Waals surface area contributed by atoms with Crippen LogP contribution >= 0.6 is 0 Å². The number of rotatable bonds is 3. The lowest BCUT2D eigenvalue weighted by Gasteiger charge is -2.06. The molecule has 0 bridgehead atoms. The zero-order valence-corrected chi connectivity index (χ0v) is 9.19. The number of ether oxygens (including phenoxy) is 1. The molecule has 0 fully saturated rings. The molecule has 0 saturated carbocycles. The minimum absolute atomic E-state index is 0.247. The first kappa shape index (κ1) is 11.2. The second kappa shape index (κ2) is 5.18. The van der Waals surface area contributed by atoms with Crippen LogP contribution in [0.5, 0.6) is 5.75 Å². The standard InChI is InChI=1S/C15H11FO/c1-2-13-8-9-14(10-15(13)16)17-11-12-6-4-3-5-7-12/h1,3-10H,11H2. The van der Waals surface area contributed by atoms with E-state index in [0.717, 1.165) is 5.56 Å². The number of terminal acetylenes is 1. The predicted molar refractivity (Wildman–Crippen MR) is 65.1 cm³/mol. The molecule has 1 nitrogen and oxygen atoms in total. The summed E-state index contributed by atoms with van der Waals surface area (Å²) in [6.45, 7) is 0.412. The Morgan fingerprint density at radius 1 is 1.12 bits per heavy atom. The summed E-state index contributed by atoms with van der Waals surface area (Å²) in [7, 11) is 0. The fourth-order valence-corrected chi connectivity index (χ4v) is 1.44. The Bertz CT molecular complexity index is 541. The van der Waals surface area contributed by atoms with Crippen molar-refractivity contribution >= 4 is 0 Å². The molecule has 2 heteroatoms. The largest absolute Gasteiger partial charge is 0.489 e. The van der Waals surface area contributed by atoms with E-state index >= 15 is 0 Å². The smallest absolute Gasteiger partial charge is 0.142 e. The van der Waals surface area contributed by atoms with Crippen LogP contribution in [0, 0.1) is 18.2 Å². The lowest BCUT2D eigenvalue weighted by atomic mass is 10.2. The Morgan fingerprint density at radius 3 is 2.53 bits per heavy atom. The lowest BCUT2D eigenvalue weighted by Crippen LogP contribution is -1.96. The molecule has 2 aromatic rings. The molecule has 84 valence electrons. The van der Waals surface area contributed by atoms with E-state index in [1.54, 1.807) is 6.07 Å². The van der Waals surface area contributed by atoms with Gasteiger partial charge in [-0.05, 0) is 17.7 Å². The van der Waals surface area contributed by atoms with Gasteiger partial charge in [0.15, 0.2) is 0 Å². The summed E-state index contributed by atoms with van der Waals surface area (Å²) in [5.41, 5.74) is 1.28. The second-order valence-corrected chi connectivity index (χ2v) is 3.56. The highest BCUT2D eigenvalue weighted by Gasteiger charge is 2.02. The molecular formula is C15H11FO. The van der Waals surface area contributed by atoms with Crippen molar-refractivity contribution in [3.63, 3.8) is 0 Å². The van der Waals surface area contributed by atoms with E-state index in [-0.39, 0.29) is 5.56 Å². The average molecular weight is 226 g/mol. The predicted octanol–water partition coefficient (Wildman–Crippen LogP) is 3.39. The average Bonchev–Trinajstić information content (AvgIpc) is 2.38. The van der Waals surface area contributed by atoms with Crippen LogP contribution in [-0.2, 0) is 6.61 Å². The van der Waals surface area contributed by atoms with E-state index in [1.165, 1.54) is 12.1 Å². The van der Waals surface area contributed by atoms with Crippen LogP contribution < -0.4 is 4.74 Å². The molecule has 2 rings (SSSR count). The van der Waals surface area contributed by atoms with Gasteiger partial charge in [0.05, 0.1) is 5.56 Å². The lowest BCUT2D eigenvalue weighted by molar-refractivity contribution is 0.304. The van der Waals surface area contributed by atoms with Crippen molar-refractivity contribution in [1.29, 1.82) is 0 Å². The molecule has 0 N–H and O–H groups in total. The van der Waals surface area contributed by atoms with Gasteiger partial charge in [-0.25, -0.2) is 4.39 Å². The second-order valence-electron chi connectivity index (χ2n) is 3.56. The van der Waals surface area contributed by atoms with Crippen LogP contribution in [0.2, 0.25) is 0 Å². The summed E-state index contributed by atoms with van der Waals surface area (Å²) in [6.07, 6.45) is 5.13. The molecule has 0 aliphatic heterocycles. The van der Waals surface area contributed by atoms with E-state index in [2.05, 4.69) is 5.92 Å². The summed E-state index contributed by atoms with van der Waals surface area (Å²) < 4.78 is 18.8. The summed E-state index contributed by atoms with van der Waals surface area (Å²) in [5, 5.41) is 0. The van der Waals surface area contributed by atoms with Gasteiger partial charge in [-0.15, -0.1) is 6.42 Å². The molecule has 0 aromatic heterocycles. The van der Waals surface area contributed by atoms with Gasteiger partial charge >= 0.3 is 0 Å². The molecule has 0 spiro atoms. The van der Waals surface area contributed by atoms with Crippen molar-refractivity contribution in [2.75, 3.05) is 0 Å². The van der Waals surface area contributed by atoms with Gasteiger partial charge in [0, 0.05) is 6.07 Å². The Morgan fingerprint density at radius 2 is 1.88 bits per heavy atom. The van der Waals surface area contributed by atoms with Gasteiger partial charge in [0.2, 0.25) is 0 Å². The summed E-state index contributed by atoms with van der Waals surface area (Å²) in [6, 6.07) is 14.2. The molecule has 0 aliphatic carbocycles. The Kier molecular flexibility index (Phi) is 3.42. The molecule has 0 heterocycles. The number of hydrogen-bond donors (Lipinski definition) is 0. The monoisotopic (exact) mass is 226 g/mol. The Labute approximate surface area is 99.9 Å². The Hall–Kier alpha value is -2.27. The van der Waals surface area contributed by atoms with Crippen molar-refractivity contribution in [2.45, 2.75) is 6.61 Å². The molecule has 2 aromatic carbocycles. The number of benzene rings is 2. The van der Waals surface area contributed by atoms with Gasteiger partial charge in [-0.2, -0.15) is 0 Å². The van der Waals surface area contributed by atoms with E-state index in [9.17, 15) is 4.39 Å². The fourth-order valence-electron chi connectivity index (χ4n) is 1.44. The first-order chi connectivity index (χ1) is 8.29. The SMILES string of the molecule is C#Cc1ccc(OCc2ccccc2)cc1F. The molecule has 0 atom stereocenters. The zero-order chi connectivity index (χ0) is 12.1. The zero-order valence-electron chi connectivity index (χ0n) is 9.19. The molecule has 0 radical (unpaired) electrons. The molecule has 0 amide bonds. The van der Waals surface area contributed by atoms with Crippen molar-refractivity contribution in [2.24, 2.45) is 0 Å². The maximum Gasteiger partial charge on any atom is 0.142 e. The minimum atomic E-state index is -0.432. The van der Waals surface area contributed by atoms with Gasteiger partial charge in [-0.3, -0.25) is 0 Å². The maximum absolute atomic E-state index is 13.4. The number of hydrogen-bond acceptors (Lipinski definition) is 1. The Balaban J connectivity index is 2.06. The highest BCUT2D eigenvalue weighted by molar-refractivity contribution is 5.38. The third kappa shape index (κ3) is 2.85. The molecule has 0 saturated heterocycles. The van der Waals surface area contributed by atoms with E-state index in [1.807, 2.05) is 30.3 Å². The van der Waals surface area contributed by atoms with Gasteiger partial charge in [0.1, 0.15) is 18.2 Å². The third-order valence-corrected chi connectivity index (χ3v) is 2.34. The molecular weight excluding hydrogens is 215 g/mol. The van der Waals surface area contributed by atoms with Crippen LogP contribution in [0.1, 0.15) is 11.1 Å². The van der Waals surface area contributed by atoms with Crippen LogP contribution in [0.25, 0.3) is 0 Å². The molecule has 0 aliphatic rings. The first-order valence-electron chi connectivity index (χ1n) is 5.22. The highest BCUT2D eigenvalue weighted by Crippen LogP contribution is 2.17. The van der Waals surface area contributed by atoms with Crippen LogP contribution in [0.15, 0.2) is 48.5 Å². The van der Waals surface area contributed by atoms with Crippen molar-refractivity contribution in [3.05, 3.63) is 65.5 Å². The van der Waals surface area contributed by atoms with E-state index in [0.29, 0.717) is 12.4 Å². The summed E-state index contributed by atoms with van der Waals surface area (Å²) in [5.74, 6) is 2.31. The highest BCUT2D eigenvalue weighted by atomic mass is 19.1. The number of halogens is 1. The molecule has 0 unspecified atom stereocenters. The summed E-state index contributed by atoms with van der Waals surface area (Å²) >= 11 is 0. The maximum atomic E-state index is 13.4. The normalized spacial score (nSPS) is 9.65. The van der Waals surface area contributed by atoms with Crippen molar-refractivity contribution in [3.8, 4) is 18.1 Å².